The highest BCUT2D eigenvalue weighted by molar-refractivity contribution is 7.92. The zero-order valence-electron chi connectivity index (χ0n) is 19.5. The molecular weight excluding hydrogens is 494 g/mol. The van der Waals surface area contributed by atoms with Gasteiger partial charge in [-0.1, -0.05) is 30.3 Å². The Labute approximate surface area is 205 Å². The van der Waals surface area contributed by atoms with E-state index in [2.05, 4.69) is 9.44 Å². The average Bonchev–Trinajstić information content (AvgIpc) is 2.77. The maximum atomic E-state index is 13.0. The number of carboxylic acids is 1. The molecule has 1 aliphatic heterocycles. The molecular formula is C23H29N3O7S2. The minimum absolute atomic E-state index is 0.00949. The molecule has 10 nitrogen and oxygen atoms in total. The fraction of sp³-hybridized carbons (Fsp3) is 0.391. The van der Waals surface area contributed by atoms with Crippen molar-refractivity contribution < 1.29 is 31.5 Å². The van der Waals surface area contributed by atoms with Gasteiger partial charge in [-0.25, -0.2) is 21.6 Å². The third-order valence-corrected chi connectivity index (χ3v) is 7.62. The number of carbonyl (C=O) groups excluding carboxylic acids is 1. The second kappa shape index (κ2) is 10.8. The molecule has 1 aliphatic rings. The van der Waals surface area contributed by atoms with E-state index >= 15 is 0 Å². The zero-order valence-corrected chi connectivity index (χ0v) is 21.2. The van der Waals surface area contributed by atoms with Crippen molar-refractivity contribution in [1.29, 1.82) is 0 Å². The lowest BCUT2D eigenvalue weighted by Crippen LogP contribution is -2.38. The van der Waals surface area contributed by atoms with Gasteiger partial charge in [0.15, 0.2) is 5.75 Å². The second-order valence-corrected chi connectivity index (χ2v) is 12.2. The highest BCUT2D eigenvalue weighted by atomic mass is 32.2. The lowest BCUT2D eigenvalue weighted by atomic mass is 9.88. The van der Waals surface area contributed by atoms with Crippen molar-refractivity contribution in [3.05, 3.63) is 64.7 Å². The van der Waals surface area contributed by atoms with Gasteiger partial charge in [-0.15, -0.1) is 0 Å². The van der Waals surface area contributed by atoms with E-state index in [4.69, 9.17) is 5.11 Å². The van der Waals surface area contributed by atoms with Crippen LogP contribution in [0.25, 0.3) is 0 Å². The Kier molecular flexibility index (Phi) is 8.18. The van der Waals surface area contributed by atoms with Gasteiger partial charge in [0.25, 0.3) is 5.91 Å². The standard InChI is InChI=1S/C23H29N3O7S2/c1-16-3-6-20(13-21(16)25-34(2,30)31)23(29)26-11-9-19(10-12-26)18-7-4-17(5-8-18)14-24-35(32,33)15-22(27)28/h3-8,13,19,24-25H,9-12,14-15H2,1-2H3,(H,27,28). The van der Waals surface area contributed by atoms with Crippen LogP contribution in [0.5, 0.6) is 0 Å². The summed E-state index contributed by atoms with van der Waals surface area (Å²) in [5.74, 6) is -2.28. The Morgan fingerprint density at radius 2 is 1.66 bits per heavy atom. The molecule has 2 aromatic carbocycles. The molecule has 0 radical (unpaired) electrons. The molecule has 0 aromatic heterocycles. The van der Waals surface area contributed by atoms with Gasteiger partial charge in [-0.3, -0.25) is 14.3 Å². The SMILES string of the molecule is Cc1ccc(C(=O)N2CCC(c3ccc(CNS(=O)(=O)CC(=O)O)cc3)CC2)cc1NS(C)(=O)=O. The number of sulfonamides is 2. The van der Waals surface area contributed by atoms with E-state index in [9.17, 15) is 26.4 Å². The molecule has 0 atom stereocenters. The fourth-order valence-electron chi connectivity index (χ4n) is 3.98. The number of hydrogen-bond acceptors (Lipinski definition) is 6. The van der Waals surface area contributed by atoms with Gasteiger partial charge in [-0.05, 0) is 54.5 Å². The molecule has 0 spiro atoms. The average molecular weight is 524 g/mol. The Morgan fingerprint density at radius 1 is 1.03 bits per heavy atom. The Hall–Kier alpha value is -2.96. The molecule has 0 saturated carbocycles. The predicted molar refractivity (Wildman–Crippen MR) is 132 cm³/mol. The van der Waals surface area contributed by atoms with Crippen molar-refractivity contribution in [2.75, 3.05) is 29.8 Å². The van der Waals surface area contributed by atoms with E-state index in [0.29, 0.717) is 29.9 Å². The molecule has 3 rings (SSSR count). The maximum Gasteiger partial charge on any atom is 0.320 e. The number of carbonyl (C=O) groups is 2. The third kappa shape index (κ3) is 7.77. The normalized spacial score (nSPS) is 15.1. The fourth-order valence-corrected chi connectivity index (χ4v) is 5.41. The number of nitrogens with one attached hydrogen (secondary N) is 2. The summed E-state index contributed by atoms with van der Waals surface area (Å²) in [5, 5.41) is 8.64. The first-order valence-corrected chi connectivity index (χ1v) is 14.5. The van der Waals surface area contributed by atoms with Crippen LogP contribution in [0.3, 0.4) is 0 Å². The number of carboxylic acid groups (broad SMARTS) is 1. The van der Waals surface area contributed by atoms with Gasteiger partial charge in [0, 0.05) is 25.2 Å². The van der Waals surface area contributed by atoms with Crippen LogP contribution in [0.4, 0.5) is 5.69 Å². The van der Waals surface area contributed by atoms with Gasteiger partial charge in [0.1, 0.15) is 0 Å². The Morgan fingerprint density at radius 3 is 2.23 bits per heavy atom. The van der Waals surface area contributed by atoms with Crippen molar-refractivity contribution in [3.8, 4) is 0 Å². The van der Waals surface area contributed by atoms with E-state index in [1.807, 2.05) is 12.1 Å². The van der Waals surface area contributed by atoms with Crippen LogP contribution >= 0.6 is 0 Å². The number of aliphatic carboxylic acids is 1. The number of anilines is 1. The van der Waals surface area contributed by atoms with Crippen molar-refractivity contribution >= 4 is 37.6 Å². The summed E-state index contributed by atoms with van der Waals surface area (Å²) in [6.45, 7) is 2.89. The molecule has 0 bridgehead atoms. The number of nitrogens with zero attached hydrogens (tertiary/aromatic N) is 1. The summed E-state index contributed by atoms with van der Waals surface area (Å²) in [6, 6.07) is 12.4. The minimum Gasteiger partial charge on any atom is -0.480 e. The van der Waals surface area contributed by atoms with Gasteiger partial charge >= 0.3 is 5.97 Å². The number of benzene rings is 2. The molecule has 1 amide bonds. The Bertz CT molecular complexity index is 1300. The van der Waals surface area contributed by atoms with Crippen molar-refractivity contribution in [2.45, 2.75) is 32.2 Å². The maximum absolute atomic E-state index is 13.0. The van der Waals surface area contributed by atoms with Crippen LogP contribution in [-0.2, 0) is 31.4 Å². The lowest BCUT2D eigenvalue weighted by Gasteiger charge is -2.32. The largest absolute Gasteiger partial charge is 0.480 e. The number of hydrogen-bond donors (Lipinski definition) is 3. The highest BCUT2D eigenvalue weighted by Gasteiger charge is 2.25. The van der Waals surface area contributed by atoms with Crippen LogP contribution in [0.1, 0.15) is 45.8 Å². The number of piperidine rings is 1. The molecule has 35 heavy (non-hydrogen) atoms. The van der Waals surface area contributed by atoms with Gasteiger partial charge < -0.3 is 10.0 Å². The molecule has 1 fully saturated rings. The van der Waals surface area contributed by atoms with Crippen LogP contribution in [0, 0.1) is 6.92 Å². The third-order valence-electron chi connectivity index (χ3n) is 5.82. The van der Waals surface area contributed by atoms with E-state index in [1.54, 1.807) is 42.2 Å². The Balaban J connectivity index is 1.57. The van der Waals surface area contributed by atoms with E-state index in [1.165, 1.54) is 0 Å². The van der Waals surface area contributed by atoms with Gasteiger partial charge in [-0.2, -0.15) is 0 Å². The predicted octanol–water partition coefficient (Wildman–Crippen LogP) is 1.89. The van der Waals surface area contributed by atoms with Crippen molar-refractivity contribution in [3.63, 3.8) is 0 Å². The summed E-state index contributed by atoms with van der Waals surface area (Å²) in [7, 11) is -7.34. The second-order valence-electron chi connectivity index (χ2n) is 8.69. The topological polar surface area (TPSA) is 150 Å². The van der Waals surface area contributed by atoms with E-state index < -0.39 is 31.8 Å². The van der Waals surface area contributed by atoms with Crippen LogP contribution < -0.4 is 9.44 Å². The van der Waals surface area contributed by atoms with Crippen molar-refractivity contribution in [1.82, 2.24) is 9.62 Å². The molecule has 3 N–H and O–H groups in total. The number of aryl methyl sites for hydroxylation is 1. The van der Waals surface area contributed by atoms with Crippen LogP contribution in [-0.4, -0.2) is 63.8 Å². The van der Waals surface area contributed by atoms with Crippen molar-refractivity contribution in [2.24, 2.45) is 0 Å². The minimum atomic E-state index is -3.88. The number of amides is 1. The summed E-state index contributed by atoms with van der Waals surface area (Å²) in [4.78, 5) is 25.4. The molecule has 0 unspecified atom stereocenters. The van der Waals surface area contributed by atoms with Crippen LogP contribution in [0.2, 0.25) is 0 Å². The molecule has 190 valence electrons. The molecule has 12 heteroatoms. The van der Waals surface area contributed by atoms with E-state index in [-0.39, 0.29) is 18.4 Å². The molecule has 0 aliphatic carbocycles. The summed E-state index contributed by atoms with van der Waals surface area (Å²) >= 11 is 0. The first-order chi connectivity index (χ1) is 16.3. The molecule has 1 heterocycles. The number of rotatable bonds is 9. The first-order valence-electron chi connectivity index (χ1n) is 11.0. The summed E-state index contributed by atoms with van der Waals surface area (Å²) in [5.41, 5.74) is 3.34. The lowest BCUT2D eigenvalue weighted by molar-refractivity contribution is -0.134. The summed E-state index contributed by atoms with van der Waals surface area (Å²) < 4.78 is 51.2. The number of likely N-dealkylation sites (tertiary alicyclic amines) is 1. The first kappa shape index (κ1) is 26.6. The van der Waals surface area contributed by atoms with Gasteiger partial charge in [0.05, 0.1) is 11.9 Å². The molecule has 1 saturated heterocycles. The van der Waals surface area contributed by atoms with E-state index in [0.717, 1.165) is 30.2 Å². The van der Waals surface area contributed by atoms with Crippen LogP contribution in [0.15, 0.2) is 42.5 Å². The smallest absolute Gasteiger partial charge is 0.320 e. The highest BCUT2D eigenvalue weighted by Crippen LogP contribution is 2.29. The monoisotopic (exact) mass is 523 g/mol. The summed E-state index contributed by atoms with van der Waals surface area (Å²) in [6.07, 6.45) is 2.59. The van der Waals surface area contributed by atoms with Gasteiger partial charge in [0.2, 0.25) is 20.0 Å². The quantitative estimate of drug-likeness (QED) is 0.454. The molecule has 2 aromatic rings. The zero-order chi connectivity index (χ0) is 25.8.